The molecule has 2 aromatic heterocycles. The van der Waals surface area contributed by atoms with Crippen molar-refractivity contribution in [3.05, 3.63) is 60.3 Å². The molecule has 0 radical (unpaired) electrons. The van der Waals surface area contributed by atoms with Crippen LogP contribution in [0.5, 0.6) is 0 Å². The Morgan fingerprint density at radius 2 is 2.13 bits per heavy atom. The summed E-state index contributed by atoms with van der Waals surface area (Å²) in [5.41, 5.74) is 0.709. The molecule has 3 heterocycles. The Bertz CT molecular complexity index is 1080. The van der Waals surface area contributed by atoms with E-state index in [0.717, 1.165) is 17.0 Å². The normalized spacial score (nSPS) is 17.1. The minimum atomic E-state index is -0.758. The third-order valence-corrected chi connectivity index (χ3v) is 4.61. The van der Waals surface area contributed by atoms with E-state index in [1.54, 1.807) is 13.1 Å². The van der Waals surface area contributed by atoms with Crippen molar-refractivity contribution in [1.29, 1.82) is 0 Å². The number of nitrogens with one attached hydrogen (secondary N) is 1. The molecule has 30 heavy (non-hydrogen) atoms. The fraction of sp³-hybridized carbons (Fsp3) is 0.263. The maximum atomic E-state index is 14.0. The van der Waals surface area contributed by atoms with Crippen molar-refractivity contribution >= 4 is 17.9 Å². The van der Waals surface area contributed by atoms with Crippen LogP contribution in [0.25, 0.3) is 5.69 Å². The summed E-state index contributed by atoms with van der Waals surface area (Å²) in [6.07, 6.45) is 3.77. The molecule has 0 bridgehead atoms. The number of hydrogen-bond donors (Lipinski definition) is 1. The molecule has 1 aromatic carbocycles. The zero-order chi connectivity index (χ0) is 21.3. The molecule has 3 aromatic rings. The summed E-state index contributed by atoms with van der Waals surface area (Å²) in [4.78, 5) is 25.6. The van der Waals surface area contributed by atoms with Gasteiger partial charge >= 0.3 is 6.09 Å². The lowest BCUT2D eigenvalue weighted by Crippen LogP contribution is -2.35. The smallest absolute Gasteiger partial charge is 0.416 e. The van der Waals surface area contributed by atoms with Crippen LogP contribution in [0.4, 0.5) is 29.7 Å². The predicted octanol–water partition coefficient (Wildman–Crippen LogP) is 3.41. The molecule has 0 unspecified atom stereocenters. The number of hydrogen-bond acceptors (Lipinski definition) is 6. The third kappa shape index (κ3) is 3.78. The molecule has 0 spiro atoms. The molecule has 4 rings (SSSR count). The lowest BCUT2D eigenvalue weighted by atomic mass is 10.2. The van der Waals surface area contributed by atoms with Crippen LogP contribution in [0.3, 0.4) is 0 Å². The van der Waals surface area contributed by atoms with Gasteiger partial charge in [-0.3, -0.25) is 4.90 Å². The summed E-state index contributed by atoms with van der Waals surface area (Å²) < 4.78 is 46.5. The summed E-state index contributed by atoms with van der Waals surface area (Å²) in [6, 6.07) is 3.64. The van der Waals surface area contributed by atoms with Gasteiger partial charge in [0.05, 0.1) is 23.8 Å². The number of imidazole rings is 1. The first-order chi connectivity index (χ1) is 14.5. The number of halogens is 3. The third-order valence-electron chi connectivity index (χ3n) is 4.61. The van der Waals surface area contributed by atoms with Crippen LogP contribution >= 0.6 is 0 Å². The van der Waals surface area contributed by atoms with Gasteiger partial charge in [-0.05, 0) is 25.1 Å². The maximum Gasteiger partial charge on any atom is 0.416 e. The molecule has 0 saturated carbocycles. The quantitative estimate of drug-likeness (QED) is 0.661. The molecule has 2 atom stereocenters. The molecule has 1 saturated heterocycles. The Kier molecular flexibility index (Phi) is 5.25. The maximum absolute atomic E-state index is 14.0. The minimum Gasteiger partial charge on any atom is -0.447 e. The number of cyclic esters (lactones) is 1. The van der Waals surface area contributed by atoms with Crippen molar-refractivity contribution in [1.82, 2.24) is 19.5 Å². The van der Waals surface area contributed by atoms with Gasteiger partial charge in [0.1, 0.15) is 36.8 Å². The SMILES string of the molecule is C[C@H](Nc1nccc(N2C(=O)OC[C@@H]2CF)n1)c1cn(-c2ccc(F)cc2F)cn1. The van der Waals surface area contributed by atoms with Crippen LogP contribution in [-0.2, 0) is 4.74 Å². The van der Waals surface area contributed by atoms with E-state index in [1.807, 2.05) is 0 Å². The second-order valence-corrected chi connectivity index (χ2v) is 6.66. The first-order valence-corrected chi connectivity index (χ1v) is 9.07. The van der Waals surface area contributed by atoms with Crippen LogP contribution in [-0.4, -0.2) is 44.9 Å². The van der Waals surface area contributed by atoms with E-state index in [2.05, 4.69) is 20.3 Å². The van der Waals surface area contributed by atoms with Crippen molar-refractivity contribution < 1.29 is 22.7 Å². The lowest BCUT2D eigenvalue weighted by molar-refractivity contribution is 0.177. The molecule has 1 fully saturated rings. The average molecular weight is 418 g/mol. The highest BCUT2D eigenvalue weighted by Crippen LogP contribution is 2.24. The van der Waals surface area contributed by atoms with Crippen LogP contribution in [0.2, 0.25) is 0 Å². The Hall–Kier alpha value is -3.63. The number of nitrogens with zero attached hydrogens (tertiary/aromatic N) is 5. The first kappa shape index (κ1) is 19.7. The zero-order valence-corrected chi connectivity index (χ0v) is 15.8. The first-order valence-electron chi connectivity index (χ1n) is 9.07. The molecule has 1 aliphatic rings. The van der Waals surface area contributed by atoms with Gasteiger partial charge in [0.2, 0.25) is 5.95 Å². The number of aromatic nitrogens is 4. The molecular formula is C19H17F3N6O2. The molecular weight excluding hydrogens is 401 g/mol. The number of carbonyl (C=O) groups is 1. The van der Waals surface area contributed by atoms with Crippen LogP contribution in [0.15, 0.2) is 43.0 Å². The summed E-state index contributed by atoms with van der Waals surface area (Å²) in [7, 11) is 0. The molecule has 0 aliphatic carbocycles. The highest BCUT2D eigenvalue weighted by Gasteiger charge is 2.35. The van der Waals surface area contributed by atoms with Gasteiger partial charge in [0, 0.05) is 18.5 Å². The molecule has 8 nitrogen and oxygen atoms in total. The van der Waals surface area contributed by atoms with Crippen LogP contribution < -0.4 is 10.2 Å². The fourth-order valence-electron chi connectivity index (χ4n) is 3.06. The Balaban J connectivity index is 1.51. The largest absolute Gasteiger partial charge is 0.447 e. The van der Waals surface area contributed by atoms with Gasteiger partial charge in [-0.25, -0.2) is 27.9 Å². The molecule has 1 amide bonds. The van der Waals surface area contributed by atoms with Crippen LogP contribution in [0, 0.1) is 11.6 Å². The van der Waals surface area contributed by atoms with E-state index in [-0.39, 0.29) is 30.1 Å². The number of benzene rings is 1. The van der Waals surface area contributed by atoms with E-state index in [9.17, 15) is 18.0 Å². The van der Waals surface area contributed by atoms with E-state index in [0.29, 0.717) is 5.69 Å². The van der Waals surface area contributed by atoms with E-state index < -0.39 is 30.4 Å². The van der Waals surface area contributed by atoms with Crippen molar-refractivity contribution in [3.63, 3.8) is 0 Å². The molecule has 156 valence electrons. The summed E-state index contributed by atoms with van der Waals surface area (Å²) in [6.45, 7) is 0.986. The zero-order valence-electron chi connectivity index (χ0n) is 15.8. The molecule has 1 N–H and O–H groups in total. The monoisotopic (exact) mass is 418 g/mol. The number of carbonyl (C=O) groups excluding carboxylic acids is 1. The highest BCUT2D eigenvalue weighted by molar-refractivity contribution is 5.89. The molecule has 11 heteroatoms. The number of alkyl halides is 1. The van der Waals surface area contributed by atoms with Gasteiger partial charge in [-0.1, -0.05) is 0 Å². The Morgan fingerprint density at radius 3 is 2.90 bits per heavy atom. The summed E-state index contributed by atoms with van der Waals surface area (Å²) in [5.74, 6) is -0.973. The predicted molar refractivity (Wildman–Crippen MR) is 101 cm³/mol. The second kappa shape index (κ2) is 8.01. The van der Waals surface area contributed by atoms with Crippen molar-refractivity contribution in [2.75, 3.05) is 23.5 Å². The number of ether oxygens (including phenoxy) is 1. The lowest BCUT2D eigenvalue weighted by Gasteiger charge is -2.19. The van der Waals surface area contributed by atoms with Crippen molar-refractivity contribution in [3.8, 4) is 5.69 Å². The van der Waals surface area contributed by atoms with E-state index in [4.69, 9.17) is 4.74 Å². The van der Waals surface area contributed by atoms with Gasteiger partial charge in [-0.15, -0.1) is 0 Å². The van der Waals surface area contributed by atoms with Crippen molar-refractivity contribution in [2.45, 2.75) is 19.0 Å². The number of amides is 1. The van der Waals surface area contributed by atoms with Gasteiger partial charge in [0.15, 0.2) is 0 Å². The number of anilines is 2. The highest BCUT2D eigenvalue weighted by atomic mass is 19.1. The Morgan fingerprint density at radius 1 is 1.30 bits per heavy atom. The standard InChI is InChI=1S/C19H17F3N6O2/c1-11(15-8-27(10-24-15)16-3-2-12(21)6-14(16)22)25-18-23-5-4-17(26-18)28-13(7-20)9-30-19(28)29/h2-6,8,10-11,13H,7,9H2,1H3,(H,23,25,26)/t11-,13-/m0/s1. The summed E-state index contributed by atoms with van der Waals surface area (Å²) >= 11 is 0. The minimum absolute atomic E-state index is 0.0458. The average Bonchev–Trinajstić information content (AvgIpc) is 3.35. The molecule has 1 aliphatic heterocycles. The van der Waals surface area contributed by atoms with E-state index in [1.165, 1.54) is 29.2 Å². The second-order valence-electron chi connectivity index (χ2n) is 6.66. The Labute approximate surface area is 169 Å². The fourth-order valence-corrected chi connectivity index (χ4v) is 3.06. The summed E-state index contributed by atoms with van der Waals surface area (Å²) in [5, 5.41) is 3.03. The van der Waals surface area contributed by atoms with Crippen LogP contribution in [0.1, 0.15) is 18.7 Å². The number of rotatable bonds is 6. The van der Waals surface area contributed by atoms with Crippen molar-refractivity contribution in [2.24, 2.45) is 0 Å². The van der Waals surface area contributed by atoms with E-state index >= 15 is 0 Å². The van der Waals surface area contributed by atoms with Gasteiger partial charge < -0.3 is 14.6 Å². The van der Waals surface area contributed by atoms with Gasteiger partial charge in [-0.2, -0.15) is 4.98 Å². The topological polar surface area (TPSA) is 85.2 Å². The van der Waals surface area contributed by atoms with Gasteiger partial charge in [0.25, 0.3) is 0 Å².